The molecule has 150 valence electrons. The molecule has 2 fully saturated rings. The van der Waals surface area contributed by atoms with Crippen molar-refractivity contribution in [3.63, 3.8) is 0 Å². The molecule has 1 aliphatic heterocycles. The van der Waals surface area contributed by atoms with E-state index in [2.05, 4.69) is 24.0 Å². The summed E-state index contributed by atoms with van der Waals surface area (Å²) >= 11 is 0. The van der Waals surface area contributed by atoms with Crippen LogP contribution in [0.2, 0.25) is 0 Å². The van der Waals surface area contributed by atoms with Crippen LogP contribution in [0, 0.1) is 12.3 Å². The van der Waals surface area contributed by atoms with Gasteiger partial charge in [0.1, 0.15) is 11.6 Å². The number of methoxy groups -OCH3 is 1. The maximum Gasteiger partial charge on any atom is 0.254 e. The first-order chi connectivity index (χ1) is 13.4. The van der Waals surface area contributed by atoms with E-state index in [1.165, 1.54) is 12.8 Å². The molecule has 2 heterocycles. The molecular formula is C22H30N4O2. The van der Waals surface area contributed by atoms with E-state index < -0.39 is 0 Å². The third kappa shape index (κ3) is 3.09. The largest absolute Gasteiger partial charge is 0.496 e. The van der Waals surface area contributed by atoms with E-state index in [1.807, 2.05) is 30.0 Å². The Bertz CT molecular complexity index is 867. The highest BCUT2D eigenvalue weighted by atomic mass is 16.5. The second-order valence-corrected chi connectivity index (χ2v) is 8.67. The maximum absolute atomic E-state index is 13.4. The van der Waals surface area contributed by atoms with Crippen molar-refractivity contribution in [2.75, 3.05) is 20.2 Å². The van der Waals surface area contributed by atoms with Crippen molar-refractivity contribution in [1.29, 1.82) is 0 Å². The van der Waals surface area contributed by atoms with E-state index in [1.54, 1.807) is 7.11 Å². The van der Waals surface area contributed by atoms with E-state index in [9.17, 15) is 4.79 Å². The molecule has 1 aromatic heterocycles. The number of benzene rings is 1. The van der Waals surface area contributed by atoms with Crippen molar-refractivity contribution in [3.05, 3.63) is 41.0 Å². The quantitative estimate of drug-likeness (QED) is 0.866. The molecule has 0 radical (unpaired) electrons. The van der Waals surface area contributed by atoms with Crippen molar-refractivity contribution >= 4 is 5.91 Å². The highest BCUT2D eigenvalue weighted by molar-refractivity contribution is 5.96. The molecule has 4 rings (SSSR count). The van der Waals surface area contributed by atoms with Crippen LogP contribution in [0.25, 0.3) is 0 Å². The number of carbonyl (C=O) groups excluding carboxylic acids is 1. The Hall–Kier alpha value is -2.37. The number of hydrogen-bond donors (Lipinski definition) is 1. The number of rotatable bonds is 4. The fraction of sp³-hybridized carbons (Fsp3) is 0.591. The number of H-pyrrole nitrogens is 1. The van der Waals surface area contributed by atoms with Gasteiger partial charge in [0, 0.05) is 36.1 Å². The molecule has 6 heteroatoms. The Morgan fingerprint density at radius 3 is 2.71 bits per heavy atom. The molecule has 1 aromatic carbocycles. The Kier molecular flexibility index (Phi) is 4.89. The number of nitrogens with one attached hydrogen (secondary N) is 1. The molecule has 1 saturated heterocycles. The zero-order valence-corrected chi connectivity index (χ0v) is 17.3. The lowest BCUT2D eigenvalue weighted by Crippen LogP contribution is -2.31. The SMILES string of the molecule is COc1cccc(C(=O)N2CC(c3nc(C(C)C)n[nH]3)C3(CCCC3)C2)c1C. The number of nitrogens with zero attached hydrogens (tertiary/aromatic N) is 3. The van der Waals surface area contributed by atoms with E-state index in [0.29, 0.717) is 12.5 Å². The van der Waals surface area contributed by atoms with Crippen molar-refractivity contribution < 1.29 is 9.53 Å². The Morgan fingerprint density at radius 1 is 1.32 bits per heavy atom. The highest BCUT2D eigenvalue weighted by Crippen LogP contribution is 2.53. The number of aromatic amines is 1. The van der Waals surface area contributed by atoms with Crippen LogP contribution in [0.5, 0.6) is 5.75 Å². The molecule has 1 saturated carbocycles. The minimum atomic E-state index is 0.0915. The first-order valence-electron chi connectivity index (χ1n) is 10.3. The first-order valence-corrected chi connectivity index (χ1v) is 10.3. The topological polar surface area (TPSA) is 71.1 Å². The van der Waals surface area contributed by atoms with E-state index in [0.717, 1.165) is 47.9 Å². The molecule has 2 aromatic rings. The number of likely N-dealkylation sites (tertiary alicyclic amines) is 1. The lowest BCUT2D eigenvalue weighted by atomic mass is 9.76. The normalized spacial score (nSPS) is 21.0. The smallest absolute Gasteiger partial charge is 0.254 e. The summed E-state index contributed by atoms with van der Waals surface area (Å²) in [5.41, 5.74) is 1.75. The predicted molar refractivity (Wildman–Crippen MR) is 108 cm³/mol. The van der Waals surface area contributed by atoms with Crippen LogP contribution in [0.4, 0.5) is 0 Å². The molecule has 1 atom stereocenters. The van der Waals surface area contributed by atoms with Crippen molar-refractivity contribution in [3.8, 4) is 5.75 Å². The summed E-state index contributed by atoms with van der Waals surface area (Å²) in [6.07, 6.45) is 4.75. The van der Waals surface area contributed by atoms with Crippen LogP contribution >= 0.6 is 0 Å². The Labute approximate surface area is 166 Å². The Morgan fingerprint density at radius 2 is 2.07 bits per heavy atom. The van der Waals surface area contributed by atoms with Gasteiger partial charge in [0.2, 0.25) is 0 Å². The third-order valence-corrected chi connectivity index (χ3v) is 6.64. The van der Waals surface area contributed by atoms with Gasteiger partial charge in [-0.25, -0.2) is 4.98 Å². The summed E-state index contributed by atoms with van der Waals surface area (Å²) < 4.78 is 5.41. The summed E-state index contributed by atoms with van der Waals surface area (Å²) in [6, 6.07) is 5.70. The number of amides is 1. The molecule has 1 N–H and O–H groups in total. The van der Waals surface area contributed by atoms with Crippen LogP contribution in [-0.4, -0.2) is 46.2 Å². The fourth-order valence-electron chi connectivity index (χ4n) is 5.03. The molecule has 1 amide bonds. The number of hydrogen-bond acceptors (Lipinski definition) is 4. The van der Waals surface area contributed by atoms with Gasteiger partial charge in [0.25, 0.3) is 5.91 Å². The van der Waals surface area contributed by atoms with E-state index >= 15 is 0 Å². The van der Waals surface area contributed by atoms with Crippen molar-refractivity contribution in [2.24, 2.45) is 5.41 Å². The van der Waals surface area contributed by atoms with Crippen molar-refractivity contribution in [1.82, 2.24) is 20.1 Å². The van der Waals surface area contributed by atoms with Gasteiger partial charge in [-0.3, -0.25) is 9.89 Å². The first kappa shape index (κ1) is 19.0. The summed E-state index contributed by atoms with van der Waals surface area (Å²) in [4.78, 5) is 20.2. The van der Waals surface area contributed by atoms with Gasteiger partial charge in [-0.2, -0.15) is 5.10 Å². The summed E-state index contributed by atoms with van der Waals surface area (Å²) in [6.45, 7) is 7.66. The molecule has 1 spiro atoms. The average Bonchev–Trinajstić information content (AvgIpc) is 3.42. The molecule has 28 heavy (non-hydrogen) atoms. The molecule has 1 aliphatic carbocycles. The number of ether oxygens (including phenoxy) is 1. The third-order valence-electron chi connectivity index (χ3n) is 6.64. The van der Waals surface area contributed by atoms with Crippen LogP contribution in [0.1, 0.15) is 78.9 Å². The second-order valence-electron chi connectivity index (χ2n) is 8.67. The number of aromatic nitrogens is 3. The zero-order valence-electron chi connectivity index (χ0n) is 17.3. The minimum absolute atomic E-state index is 0.0915. The van der Waals surface area contributed by atoms with Gasteiger partial charge in [-0.15, -0.1) is 0 Å². The van der Waals surface area contributed by atoms with Gasteiger partial charge >= 0.3 is 0 Å². The fourth-order valence-corrected chi connectivity index (χ4v) is 5.03. The average molecular weight is 383 g/mol. The predicted octanol–water partition coefficient (Wildman–Crippen LogP) is 4.05. The lowest BCUT2D eigenvalue weighted by Gasteiger charge is -2.28. The summed E-state index contributed by atoms with van der Waals surface area (Å²) in [5, 5.41) is 7.61. The van der Waals surface area contributed by atoms with E-state index in [4.69, 9.17) is 9.72 Å². The number of carbonyl (C=O) groups is 1. The van der Waals surface area contributed by atoms with Gasteiger partial charge in [0.15, 0.2) is 5.82 Å². The van der Waals surface area contributed by atoms with Gasteiger partial charge < -0.3 is 9.64 Å². The van der Waals surface area contributed by atoms with Crippen molar-refractivity contribution in [2.45, 2.75) is 58.3 Å². The monoisotopic (exact) mass is 382 g/mol. The minimum Gasteiger partial charge on any atom is -0.496 e. The maximum atomic E-state index is 13.4. The van der Waals surface area contributed by atoms with Crippen LogP contribution in [-0.2, 0) is 0 Å². The lowest BCUT2D eigenvalue weighted by molar-refractivity contribution is 0.0772. The van der Waals surface area contributed by atoms with Gasteiger partial charge in [-0.05, 0) is 37.3 Å². The Balaban J connectivity index is 1.64. The highest BCUT2D eigenvalue weighted by Gasteiger charge is 2.51. The van der Waals surface area contributed by atoms with Gasteiger partial charge in [-0.1, -0.05) is 32.8 Å². The molecule has 6 nitrogen and oxygen atoms in total. The standard InChI is InChI=1S/C22H30N4O2/c1-14(2)19-23-20(25-24-19)17-12-26(13-22(17)10-5-6-11-22)21(27)16-8-7-9-18(28-4)15(16)3/h7-9,14,17H,5-6,10-13H2,1-4H3,(H,23,24,25). The molecule has 0 bridgehead atoms. The van der Waals surface area contributed by atoms with Gasteiger partial charge in [0.05, 0.1) is 7.11 Å². The van der Waals surface area contributed by atoms with Crippen LogP contribution in [0.15, 0.2) is 18.2 Å². The molecule has 1 unspecified atom stereocenters. The van der Waals surface area contributed by atoms with Crippen LogP contribution < -0.4 is 4.74 Å². The molecular weight excluding hydrogens is 352 g/mol. The summed E-state index contributed by atoms with van der Waals surface area (Å²) in [7, 11) is 1.65. The molecule has 2 aliphatic rings. The summed E-state index contributed by atoms with van der Waals surface area (Å²) in [5.74, 6) is 3.18. The zero-order chi connectivity index (χ0) is 19.9. The van der Waals surface area contributed by atoms with Crippen LogP contribution in [0.3, 0.4) is 0 Å². The second kappa shape index (κ2) is 7.22. The van der Waals surface area contributed by atoms with E-state index in [-0.39, 0.29) is 17.2 Å².